The summed E-state index contributed by atoms with van der Waals surface area (Å²) in [7, 11) is 0. The quantitative estimate of drug-likeness (QED) is 0.750. The molecule has 0 aromatic carbocycles. The molecule has 0 aliphatic heterocycles. The van der Waals surface area contributed by atoms with Crippen LogP contribution >= 0.6 is 0 Å². The van der Waals surface area contributed by atoms with Gasteiger partial charge in [0.15, 0.2) is 5.78 Å². The topological polar surface area (TPSA) is 59.2 Å². The first-order valence-electron chi connectivity index (χ1n) is 5.07. The average molecular weight is 207 g/mol. The Morgan fingerprint density at radius 2 is 2.20 bits per heavy atom. The smallest absolute Gasteiger partial charge is 0.340 e. The molecular formula is C11H13NO3. The monoisotopic (exact) mass is 207 g/mol. The summed E-state index contributed by atoms with van der Waals surface area (Å²) in [5.74, 6) is -0.245. The zero-order chi connectivity index (χ0) is 11.0. The zero-order valence-corrected chi connectivity index (χ0v) is 8.85. The van der Waals surface area contributed by atoms with E-state index in [1.807, 2.05) is 0 Å². The van der Waals surface area contributed by atoms with Gasteiger partial charge in [-0.2, -0.15) is 0 Å². The molecule has 0 saturated heterocycles. The molecule has 0 amide bonds. The number of ketones is 1. The predicted molar refractivity (Wildman–Crippen MR) is 54.1 cm³/mol. The lowest BCUT2D eigenvalue weighted by molar-refractivity contribution is 0.0524. The maximum absolute atomic E-state index is 11.6. The molecular weight excluding hydrogens is 194 g/mol. The zero-order valence-electron chi connectivity index (χ0n) is 8.85. The molecule has 1 aliphatic carbocycles. The minimum Gasteiger partial charge on any atom is -0.462 e. The first-order valence-corrected chi connectivity index (χ1v) is 5.07. The predicted octanol–water partition coefficient (Wildman–Crippen LogP) is 1.63. The summed E-state index contributed by atoms with van der Waals surface area (Å²) in [6, 6.07) is 0. The van der Waals surface area contributed by atoms with Crippen molar-refractivity contribution in [3.63, 3.8) is 0 Å². The van der Waals surface area contributed by atoms with Gasteiger partial charge in [-0.25, -0.2) is 4.79 Å². The van der Waals surface area contributed by atoms with Crippen LogP contribution < -0.4 is 0 Å². The van der Waals surface area contributed by atoms with Gasteiger partial charge in [-0.15, -0.1) is 0 Å². The molecule has 1 aliphatic rings. The number of aryl methyl sites for hydroxylation is 1. The van der Waals surface area contributed by atoms with Gasteiger partial charge in [0.25, 0.3) is 0 Å². The van der Waals surface area contributed by atoms with Crippen molar-refractivity contribution in [1.82, 2.24) is 4.98 Å². The summed E-state index contributed by atoms with van der Waals surface area (Å²) in [4.78, 5) is 26.0. The number of nitrogens with one attached hydrogen (secondary N) is 1. The third kappa shape index (κ3) is 1.46. The van der Waals surface area contributed by atoms with E-state index >= 15 is 0 Å². The minimum absolute atomic E-state index is 0.0867. The summed E-state index contributed by atoms with van der Waals surface area (Å²) in [6.07, 6.45) is 1.14. The summed E-state index contributed by atoms with van der Waals surface area (Å²) < 4.78 is 4.96. The minimum atomic E-state index is -0.331. The van der Waals surface area contributed by atoms with Gasteiger partial charge in [0.2, 0.25) is 0 Å². The van der Waals surface area contributed by atoms with Crippen molar-refractivity contribution in [2.45, 2.75) is 26.7 Å². The van der Waals surface area contributed by atoms with Crippen LogP contribution in [0, 0.1) is 6.92 Å². The Hall–Kier alpha value is -1.58. The third-order valence-electron chi connectivity index (χ3n) is 2.65. The molecule has 0 radical (unpaired) electrons. The van der Waals surface area contributed by atoms with Gasteiger partial charge in [-0.1, -0.05) is 0 Å². The number of hydrogen-bond donors (Lipinski definition) is 1. The Bertz CT molecular complexity index is 431. The Morgan fingerprint density at radius 3 is 2.87 bits per heavy atom. The van der Waals surface area contributed by atoms with Crippen LogP contribution in [0.1, 0.15) is 45.4 Å². The highest BCUT2D eigenvalue weighted by Gasteiger charge is 2.29. The molecule has 0 atom stereocenters. The highest BCUT2D eigenvalue weighted by Crippen LogP contribution is 2.27. The van der Waals surface area contributed by atoms with E-state index < -0.39 is 0 Å². The number of hydrogen-bond acceptors (Lipinski definition) is 3. The maximum Gasteiger partial charge on any atom is 0.340 e. The highest BCUT2D eigenvalue weighted by molar-refractivity contribution is 6.04. The van der Waals surface area contributed by atoms with E-state index in [0.717, 1.165) is 11.3 Å². The molecule has 15 heavy (non-hydrogen) atoms. The standard InChI is InChI=1S/C11H13NO3/c1-3-15-11(14)9-6(2)12-10-7(9)4-5-8(10)13/h12H,3-5H2,1-2H3. The summed E-state index contributed by atoms with van der Waals surface area (Å²) in [5.41, 5.74) is 2.70. The van der Waals surface area contributed by atoms with Crippen LogP contribution in [-0.2, 0) is 11.2 Å². The second kappa shape index (κ2) is 3.53. The van der Waals surface area contributed by atoms with Crippen molar-refractivity contribution in [3.8, 4) is 0 Å². The van der Waals surface area contributed by atoms with E-state index in [2.05, 4.69) is 4.98 Å². The number of fused-ring (bicyclic) bond motifs is 1. The SMILES string of the molecule is CCOC(=O)c1c(C)[nH]c2c1CCC2=O. The number of Topliss-reactive ketones (excluding diaryl/α,β-unsaturated/α-hetero) is 1. The fourth-order valence-electron chi connectivity index (χ4n) is 2.01. The van der Waals surface area contributed by atoms with Gasteiger partial charge in [0.1, 0.15) is 0 Å². The summed E-state index contributed by atoms with van der Waals surface area (Å²) in [5, 5.41) is 0. The van der Waals surface area contributed by atoms with E-state index in [4.69, 9.17) is 4.74 Å². The second-order valence-electron chi connectivity index (χ2n) is 3.62. The van der Waals surface area contributed by atoms with Crippen molar-refractivity contribution in [3.05, 3.63) is 22.5 Å². The summed E-state index contributed by atoms with van der Waals surface area (Å²) in [6.45, 7) is 3.91. The van der Waals surface area contributed by atoms with Gasteiger partial charge in [-0.05, 0) is 25.8 Å². The van der Waals surface area contributed by atoms with Crippen molar-refractivity contribution >= 4 is 11.8 Å². The molecule has 0 saturated carbocycles. The number of carbonyl (C=O) groups excluding carboxylic acids is 2. The molecule has 0 fully saturated rings. The molecule has 80 valence electrons. The first kappa shape index (κ1) is 9.96. The Labute approximate surface area is 87.6 Å². The van der Waals surface area contributed by atoms with Gasteiger partial charge in [0, 0.05) is 12.1 Å². The van der Waals surface area contributed by atoms with Crippen LogP contribution in [0.2, 0.25) is 0 Å². The van der Waals surface area contributed by atoms with E-state index in [1.54, 1.807) is 13.8 Å². The number of rotatable bonds is 2. The largest absolute Gasteiger partial charge is 0.462 e. The van der Waals surface area contributed by atoms with E-state index in [9.17, 15) is 9.59 Å². The van der Waals surface area contributed by atoms with E-state index in [1.165, 1.54) is 0 Å². The normalized spacial score (nSPS) is 14.1. The molecule has 1 N–H and O–H groups in total. The van der Waals surface area contributed by atoms with Gasteiger partial charge < -0.3 is 9.72 Å². The van der Waals surface area contributed by atoms with Crippen LogP contribution in [0.15, 0.2) is 0 Å². The van der Waals surface area contributed by atoms with Crippen molar-refractivity contribution in [1.29, 1.82) is 0 Å². The van der Waals surface area contributed by atoms with Crippen molar-refractivity contribution in [2.75, 3.05) is 6.61 Å². The average Bonchev–Trinajstić information content (AvgIpc) is 2.67. The fourth-order valence-corrected chi connectivity index (χ4v) is 2.01. The number of ether oxygens (including phenoxy) is 1. The molecule has 1 heterocycles. The van der Waals surface area contributed by atoms with E-state index in [0.29, 0.717) is 30.7 Å². The Balaban J connectivity index is 2.44. The number of aromatic amines is 1. The molecule has 0 bridgehead atoms. The van der Waals surface area contributed by atoms with Gasteiger partial charge in [0.05, 0.1) is 17.9 Å². The maximum atomic E-state index is 11.6. The molecule has 1 aromatic rings. The third-order valence-corrected chi connectivity index (χ3v) is 2.65. The van der Waals surface area contributed by atoms with Crippen LogP contribution in [-0.4, -0.2) is 23.3 Å². The number of esters is 1. The van der Waals surface area contributed by atoms with Crippen molar-refractivity contribution in [2.24, 2.45) is 0 Å². The highest BCUT2D eigenvalue weighted by atomic mass is 16.5. The van der Waals surface area contributed by atoms with Crippen LogP contribution in [0.5, 0.6) is 0 Å². The Morgan fingerprint density at radius 1 is 1.47 bits per heavy atom. The Kier molecular flexibility index (Phi) is 2.34. The molecule has 4 heteroatoms. The van der Waals surface area contributed by atoms with Crippen LogP contribution in [0.4, 0.5) is 0 Å². The van der Waals surface area contributed by atoms with Crippen LogP contribution in [0.25, 0.3) is 0 Å². The lowest BCUT2D eigenvalue weighted by Crippen LogP contribution is -2.07. The molecule has 0 unspecified atom stereocenters. The number of H-pyrrole nitrogens is 1. The fraction of sp³-hybridized carbons (Fsp3) is 0.455. The summed E-state index contributed by atoms with van der Waals surface area (Å²) >= 11 is 0. The van der Waals surface area contributed by atoms with Gasteiger partial charge >= 0.3 is 5.97 Å². The molecule has 0 spiro atoms. The number of aromatic nitrogens is 1. The lowest BCUT2D eigenvalue weighted by Gasteiger charge is -2.02. The second-order valence-corrected chi connectivity index (χ2v) is 3.62. The number of carbonyl (C=O) groups is 2. The van der Waals surface area contributed by atoms with E-state index in [-0.39, 0.29) is 11.8 Å². The van der Waals surface area contributed by atoms with Crippen LogP contribution in [0.3, 0.4) is 0 Å². The molecule has 4 nitrogen and oxygen atoms in total. The molecule has 1 aromatic heterocycles. The molecule has 2 rings (SSSR count). The lowest BCUT2D eigenvalue weighted by atomic mass is 10.1. The van der Waals surface area contributed by atoms with Gasteiger partial charge in [-0.3, -0.25) is 4.79 Å². The van der Waals surface area contributed by atoms with Crippen molar-refractivity contribution < 1.29 is 14.3 Å². The first-order chi connectivity index (χ1) is 7.15.